The molecule has 0 bridgehead atoms. The van der Waals surface area contributed by atoms with Gasteiger partial charge in [0.25, 0.3) is 0 Å². The third kappa shape index (κ3) is 3.42. The van der Waals surface area contributed by atoms with Crippen LogP contribution >= 0.6 is 0 Å². The smallest absolute Gasteiger partial charge is 0.239 e. The van der Waals surface area contributed by atoms with Crippen molar-refractivity contribution in [2.24, 2.45) is 0 Å². The molecule has 1 unspecified atom stereocenters. The van der Waals surface area contributed by atoms with Crippen molar-refractivity contribution in [3.05, 3.63) is 46.6 Å². The first kappa shape index (κ1) is 20.0. The number of hydrogen-bond acceptors (Lipinski definition) is 10. The highest BCUT2D eigenvalue weighted by molar-refractivity contribution is 5.88. The van der Waals surface area contributed by atoms with Crippen LogP contribution in [-0.2, 0) is 4.74 Å². The second-order valence-corrected chi connectivity index (χ2v) is 6.84. The number of benzene rings is 2. The number of phenols is 3. The minimum atomic E-state index is -1.68. The summed E-state index contributed by atoms with van der Waals surface area (Å²) in [6.07, 6.45) is -6.10. The lowest BCUT2D eigenvalue weighted by atomic mass is 10.1. The maximum atomic E-state index is 13.1. The predicted molar refractivity (Wildman–Crippen MR) is 101 cm³/mol. The van der Waals surface area contributed by atoms with Crippen molar-refractivity contribution in [1.29, 1.82) is 0 Å². The molecule has 2 heterocycles. The number of phenolic OH excluding ortho intramolecular Hbond substituents is 3. The summed E-state index contributed by atoms with van der Waals surface area (Å²) in [5.41, 5.74) is -0.655. The van der Waals surface area contributed by atoms with Crippen molar-refractivity contribution in [2.45, 2.75) is 24.6 Å². The molecule has 2 aromatic carbocycles. The van der Waals surface area contributed by atoms with Crippen molar-refractivity contribution < 1.29 is 44.5 Å². The van der Waals surface area contributed by atoms with E-state index in [1.54, 1.807) is 0 Å². The molecule has 6 N–H and O–H groups in total. The van der Waals surface area contributed by atoms with Crippen LogP contribution in [0.2, 0.25) is 0 Å². The molecule has 4 rings (SSSR count). The number of aromatic hydroxyl groups is 3. The Bertz CT molecular complexity index is 1140. The highest BCUT2D eigenvalue weighted by Crippen LogP contribution is 2.37. The fraction of sp³-hybridized carbons (Fsp3) is 0.250. The molecule has 30 heavy (non-hydrogen) atoms. The van der Waals surface area contributed by atoms with E-state index in [4.69, 9.17) is 13.9 Å². The van der Waals surface area contributed by atoms with E-state index in [0.29, 0.717) is 5.56 Å². The molecule has 0 saturated carbocycles. The summed E-state index contributed by atoms with van der Waals surface area (Å²) in [5, 5.41) is 58.7. The van der Waals surface area contributed by atoms with E-state index in [9.17, 15) is 35.4 Å². The van der Waals surface area contributed by atoms with E-state index in [-0.39, 0.29) is 34.8 Å². The molecule has 1 saturated heterocycles. The molecule has 1 aliphatic rings. The second-order valence-electron chi connectivity index (χ2n) is 6.84. The van der Waals surface area contributed by atoms with Crippen LogP contribution in [0.1, 0.15) is 0 Å². The Balaban J connectivity index is 1.90. The van der Waals surface area contributed by atoms with Crippen molar-refractivity contribution in [3.63, 3.8) is 0 Å². The summed E-state index contributed by atoms with van der Waals surface area (Å²) in [6, 6.07) is 7.65. The van der Waals surface area contributed by atoms with Gasteiger partial charge in [-0.05, 0) is 24.3 Å². The van der Waals surface area contributed by atoms with Crippen molar-refractivity contribution in [2.75, 3.05) is 6.61 Å². The van der Waals surface area contributed by atoms with Crippen LogP contribution in [0, 0.1) is 0 Å². The zero-order valence-corrected chi connectivity index (χ0v) is 15.3. The van der Waals surface area contributed by atoms with Gasteiger partial charge in [-0.25, -0.2) is 0 Å². The third-order valence-electron chi connectivity index (χ3n) is 4.74. The summed E-state index contributed by atoms with van der Waals surface area (Å²) in [6.45, 7) is -0.352. The molecule has 10 heteroatoms. The number of aliphatic hydroxyl groups is 3. The number of ether oxygens (including phenoxy) is 2. The minimum absolute atomic E-state index is 0.0391. The fourth-order valence-corrected chi connectivity index (χ4v) is 3.18. The zero-order valence-electron chi connectivity index (χ0n) is 15.3. The standard InChI is InChI=1S/C20H18O10/c21-9-3-1-8(2-4-9)18-19(30-20-17(27)15(25)12(24)7-28-20)16(26)14-11(23)5-10(22)6-13(14)29-18/h1-6,12,15,17,20-25,27H,7H2/t12-,15+,17-,20?/m1/s1. The van der Waals surface area contributed by atoms with Crippen LogP contribution < -0.4 is 10.2 Å². The van der Waals surface area contributed by atoms with E-state index in [2.05, 4.69) is 0 Å². The van der Waals surface area contributed by atoms with Crippen LogP contribution in [0.4, 0.5) is 0 Å². The van der Waals surface area contributed by atoms with Crippen molar-refractivity contribution in [1.82, 2.24) is 0 Å². The Labute approximate surface area is 168 Å². The third-order valence-corrected chi connectivity index (χ3v) is 4.74. The first-order chi connectivity index (χ1) is 14.3. The van der Waals surface area contributed by atoms with Crippen LogP contribution in [0.15, 0.2) is 45.6 Å². The van der Waals surface area contributed by atoms with Gasteiger partial charge in [0.1, 0.15) is 46.5 Å². The first-order valence-corrected chi connectivity index (χ1v) is 8.91. The first-order valence-electron chi connectivity index (χ1n) is 8.91. The summed E-state index contributed by atoms with van der Waals surface area (Å²) in [4.78, 5) is 13.1. The van der Waals surface area contributed by atoms with Gasteiger partial charge in [-0.1, -0.05) is 0 Å². The Kier molecular flexibility index (Phi) is 5.00. The normalized spacial score (nSPS) is 24.1. The molecule has 0 aliphatic carbocycles. The Hall–Kier alpha value is -3.31. The van der Waals surface area contributed by atoms with Crippen LogP contribution in [0.5, 0.6) is 23.0 Å². The maximum Gasteiger partial charge on any atom is 0.239 e. The molecule has 10 nitrogen and oxygen atoms in total. The van der Waals surface area contributed by atoms with E-state index >= 15 is 0 Å². The largest absolute Gasteiger partial charge is 0.508 e. The number of rotatable bonds is 3. The van der Waals surface area contributed by atoms with Gasteiger partial charge in [-0.3, -0.25) is 4.79 Å². The van der Waals surface area contributed by atoms with E-state index in [0.717, 1.165) is 12.1 Å². The average Bonchev–Trinajstić information content (AvgIpc) is 2.70. The van der Waals surface area contributed by atoms with E-state index in [1.807, 2.05) is 0 Å². The van der Waals surface area contributed by atoms with Crippen LogP contribution in [0.25, 0.3) is 22.3 Å². The number of fused-ring (bicyclic) bond motifs is 1. The lowest BCUT2D eigenvalue weighted by Gasteiger charge is -2.34. The minimum Gasteiger partial charge on any atom is -0.508 e. The van der Waals surface area contributed by atoms with Crippen molar-refractivity contribution >= 4 is 11.0 Å². The topological polar surface area (TPSA) is 170 Å². The molecular weight excluding hydrogens is 400 g/mol. The summed E-state index contributed by atoms with van der Waals surface area (Å²) >= 11 is 0. The van der Waals surface area contributed by atoms with Gasteiger partial charge in [-0.15, -0.1) is 0 Å². The molecule has 1 aliphatic heterocycles. The summed E-state index contributed by atoms with van der Waals surface area (Å²) in [5.74, 6) is -1.50. The van der Waals surface area contributed by atoms with Gasteiger partial charge < -0.3 is 44.5 Å². The molecule has 1 fully saturated rings. The Morgan fingerprint density at radius 2 is 1.63 bits per heavy atom. The number of hydrogen-bond donors (Lipinski definition) is 6. The van der Waals surface area contributed by atoms with Crippen molar-refractivity contribution in [3.8, 4) is 34.3 Å². The summed E-state index contributed by atoms with van der Waals surface area (Å²) < 4.78 is 16.4. The van der Waals surface area contributed by atoms with Crippen LogP contribution in [-0.4, -0.2) is 61.8 Å². The number of aliphatic hydroxyl groups excluding tert-OH is 3. The second kappa shape index (κ2) is 7.50. The van der Waals surface area contributed by atoms with Gasteiger partial charge in [0, 0.05) is 17.7 Å². The quantitative estimate of drug-likeness (QED) is 0.350. The molecule has 1 aromatic heterocycles. The van der Waals surface area contributed by atoms with E-state index in [1.165, 1.54) is 24.3 Å². The monoisotopic (exact) mass is 418 g/mol. The highest BCUT2D eigenvalue weighted by atomic mass is 16.7. The molecule has 0 amide bonds. The molecular formula is C20H18O10. The summed E-state index contributed by atoms with van der Waals surface area (Å²) in [7, 11) is 0. The Morgan fingerprint density at radius 1 is 0.933 bits per heavy atom. The van der Waals surface area contributed by atoms with E-state index < -0.39 is 41.5 Å². The van der Waals surface area contributed by atoms with Gasteiger partial charge in [0.05, 0.1) is 6.61 Å². The van der Waals surface area contributed by atoms with Gasteiger partial charge in [0.15, 0.2) is 5.76 Å². The fourth-order valence-electron chi connectivity index (χ4n) is 3.18. The van der Waals surface area contributed by atoms with Gasteiger partial charge in [-0.2, -0.15) is 0 Å². The van der Waals surface area contributed by atoms with Gasteiger partial charge >= 0.3 is 0 Å². The lowest BCUT2D eigenvalue weighted by Crippen LogP contribution is -2.55. The lowest BCUT2D eigenvalue weighted by molar-refractivity contribution is -0.242. The maximum absolute atomic E-state index is 13.1. The molecule has 0 radical (unpaired) electrons. The van der Waals surface area contributed by atoms with Crippen LogP contribution in [0.3, 0.4) is 0 Å². The molecule has 3 aromatic rings. The molecule has 4 atom stereocenters. The molecule has 158 valence electrons. The van der Waals surface area contributed by atoms with Gasteiger partial charge in [0.2, 0.25) is 17.5 Å². The SMILES string of the molecule is O=c1c(OC2OC[C@@H](O)[C@H](O)[C@H]2O)c(-c2ccc(O)cc2)oc2cc(O)cc(O)c12. The highest BCUT2D eigenvalue weighted by Gasteiger charge is 2.40. The predicted octanol–water partition coefficient (Wildman–Crippen LogP) is 0.395. The molecule has 0 spiro atoms. The Morgan fingerprint density at radius 3 is 2.33 bits per heavy atom. The zero-order chi connectivity index (χ0) is 21.6. The average molecular weight is 418 g/mol.